The van der Waals surface area contributed by atoms with Crippen LogP contribution in [-0.4, -0.2) is 24.3 Å². The van der Waals surface area contributed by atoms with E-state index >= 15 is 0 Å². The van der Waals surface area contributed by atoms with E-state index in [9.17, 15) is 0 Å². The molecule has 6 nitrogen and oxygen atoms in total. The number of rotatable bonds is 2. The summed E-state index contributed by atoms with van der Waals surface area (Å²) in [6, 6.07) is 3.83. The number of nitrogens with zero attached hydrogens (tertiary/aromatic N) is 5. The molecule has 6 heteroatoms. The third kappa shape index (κ3) is 1.87. The number of pyridine rings is 1. The number of hydrogen-bond acceptors (Lipinski definition) is 4. The zero-order valence-electron chi connectivity index (χ0n) is 10.8. The second-order valence-corrected chi connectivity index (χ2v) is 4.39. The van der Waals surface area contributed by atoms with Crippen molar-refractivity contribution >= 4 is 5.82 Å². The first-order chi connectivity index (χ1) is 9.16. The predicted molar refractivity (Wildman–Crippen MR) is 73.1 cm³/mol. The van der Waals surface area contributed by atoms with Crippen molar-refractivity contribution in [2.24, 2.45) is 14.1 Å². The predicted octanol–water partition coefficient (Wildman–Crippen LogP) is 1.46. The van der Waals surface area contributed by atoms with Crippen LogP contribution in [0.25, 0.3) is 22.5 Å². The summed E-state index contributed by atoms with van der Waals surface area (Å²) < 4.78 is 3.55. The average molecular weight is 254 g/mol. The van der Waals surface area contributed by atoms with Crippen LogP contribution in [0, 0.1) is 0 Å². The number of nitrogens with two attached hydrogens (primary N) is 1. The molecule has 0 aliphatic heterocycles. The lowest BCUT2D eigenvalue weighted by Crippen LogP contribution is -1.97. The molecule has 0 fully saturated rings. The van der Waals surface area contributed by atoms with E-state index in [1.54, 1.807) is 23.4 Å². The molecule has 0 radical (unpaired) electrons. The van der Waals surface area contributed by atoms with E-state index in [1.807, 2.05) is 37.0 Å². The zero-order chi connectivity index (χ0) is 13.4. The molecule has 0 bridgehead atoms. The van der Waals surface area contributed by atoms with E-state index < -0.39 is 0 Å². The highest BCUT2D eigenvalue weighted by Crippen LogP contribution is 2.34. The number of hydrogen-bond donors (Lipinski definition) is 1. The molecule has 3 rings (SSSR count). The molecule has 3 aromatic heterocycles. The van der Waals surface area contributed by atoms with Gasteiger partial charge in [0.1, 0.15) is 17.2 Å². The number of anilines is 1. The summed E-state index contributed by atoms with van der Waals surface area (Å²) in [6.07, 6.45) is 7.15. The van der Waals surface area contributed by atoms with E-state index in [0.717, 1.165) is 22.5 Å². The molecular weight excluding hydrogens is 240 g/mol. The van der Waals surface area contributed by atoms with Crippen LogP contribution >= 0.6 is 0 Å². The lowest BCUT2D eigenvalue weighted by Gasteiger charge is -2.01. The fraction of sp³-hybridized carbons (Fsp3) is 0.154. The molecule has 96 valence electrons. The van der Waals surface area contributed by atoms with E-state index in [-0.39, 0.29) is 0 Å². The van der Waals surface area contributed by atoms with Crippen LogP contribution in [0.2, 0.25) is 0 Å². The molecule has 3 heterocycles. The van der Waals surface area contributed by atoms with Gasteiger partial charge in [-0.25, -0.2) is 4.98 Å². The van der Waals surface area contributed by atoms with Gasteiger partial charge in [0.15, 0.2) is 0 Å². The molecule has 19 heavy (non-hydrogen) atoms. The van der Waals surface area contributed by atoms with Gasteiger partial charge in [0, 0.05) is 32.7 Å². The Labute approximate surface area is 110 Å². The molecule has 0 amide bonds. The fourth-order valence-corrected chi connectivity index (χ4v) is 2.05. The summed E-state index contributed by atoms with van der Waals surface area (Å²) >= 11 is 0. The van der Waals surface area contributed by atoms with Gasteiger partial charge < -0.3 is 10.3 Å². The number of aryl methyl sites for hydroxylation is 2. The van der Waals surface area contributed by atoms with Gasteiger partial charge in [-0.05, 0) is 17.7 Å². The van der Waals surface area contributed by atoms with E-state index in [1.165, 1.54) is 0 Å². The minimum Gasteiger partial charge on any atom is -0.383 e. The standard InChI is InChI=1S/C13H14N6/c1-18-7-10(16-8-18)12-11(13(14)19(2)17-12)9-3-5-15-6-4-9/h3-8H,14H2,1-2H3. The second-order valence-electron chi connectivity index (χ2n) is 4.39. The van der Waals surface area contributed by atoms with Crippen LogP contribution < -0.4 is 5.73 Å². The number of nitrogen functional groups attached to an aromatic ring is 1. The topological polar surface area (TPSA) is 74.5 Å². The van der Waals surface area contributed by atoms with Gasteiger partial charge in [-0.3, -0.25) is 9.67 Å². The van der Waals surface area contributed by atoms with Crippen LogP contribution in [0.15, 0.2) is 37.1 Å². The largest absolute Gasteiger partial charge is 0.383 e. The van der Waals surface area contributed by atoms with E-state index in [0.29, 0.717) is 5.82 Å². The highest BCUT2D eigenvalue weighted by Gasteiger charge is 2.18. The second kappa shape index (κ2) is 4.24. The molecule has 0 aliphatic rings. The van der Waals surface area contributed by atoms with E-state index in [4.69, 9.17) is 5.73 Å². The summed E-state index contributed by atoms with van der Waals surface area (Å²) in [7, 11) is 3.75. The average Bonchev–Trinajstić information content (AvgIpc) is 2.96. The molecule has 0 saturated carbocycles. The minimum atomic E-state index is 0.617. The van der Waals surface area contributed by atoms with Crippen LogP contribution in [0.3, 0.4) is 0 Å². The normalized spacial score (nSPS) is 10.8. The monoisotopic (exact) mass is 254 g/mol. The number of imidazole rings is 1. The summed E-state index contributed by atoms with van der Waals surface area (Å²) in [5, 5.41) is 4.47. The number of aromatic nitrogens is 5. The van der Waals surface area contributed by atoms with Crippen LogP contribution in [0.5, 0.6) is 0 Å². The van der Waals surface area contributed by atoms with Gasteiger partial charge in [-0.15, -0.1) is 0 Å². The third-order valence-corrected chi connectivity index (χ3v) is 3.01. The summed E-state index contributed by atoms with van der Waals surface area (Å²) in [6.45, 7) is 0. The molecule has 0 spiro atoms. The zero-order valence-corrected chi connectivity index (χ0v) is 10.8. The molecule has 0 atom stereocenters. The Kier molecular flexibility index (Phi) is 2.56. The minimum absolute atomic E-state index is 0.617. The fourth-order valence-electron chi connectivity index (χ4n) is 2.05. The van der Waals surface area contributed by atoms with Crippen molar-refractivity contribution in [3.8, 4) is 22.5 Å². The quantitative estimate of drug-likeness (QED) is 0.751. The van der Waals surface area contributed by atoms with E-state index in [2.05, 4.69) is 15.1 Å². The Morgan fingerprint density at radius 2 is 1.89 bits per heavy atom. The highest BCUT2D eigenvalue weighted by molar-refractivity contribution is 5.86. The van der Waals surface area contributed by atoms with Gasteiger partial charge in [0.2, 0.25) is 0 Å². The van der Waals surface area contributed by atoms with Crippen molar-refractivity contribution in [1.82, 2.24) is 24.3 Å². The SMILES string of the molecule is Cn1cnc(-c2nn(C)c(N)c2-c2ccncc2)c1. The smallest absolute Gasteiger partial charge is 0.129 e. The maximum Gasteiger partial charge on any atom is 0.129 e. The summed E-state index contributed by atoms with van der Waals surface area (Å²) in [4.78, 5) is 8.37. The van der Waals surface area contributed by atoms with Gasteiger partial charge in [-0.2, -0.15) is 5.10 Å². The lowest BCUT2D eigenvalue weighted by molar-refractivity contribution is 0.781. The maximum absolute atomic E-state index is 6.13. The molecule has 3 aromatic rings. The molecule has 0 aromatic carbocycles. The lowest BCUT2D eigenvalue weighted by atomic mass is 10.1. The van der Waals surface area contributed by atoms with Gasteiger partial charge >= 0.3 is 0 Å². The van der Waals surface area contributed by atoms with Crippen molar-refractivity contribution in [2.45, 2.75) is 0 Å². The van der Waals surface area contributed by atoms with Crippen molar-refractivity contribution in [3.05, 3.63) is 37.1 Å². The Bertz CT molecular complexity index is 710. The van der Waals surface area contributed by atoms with Crippen molar-refractivity contribution in [1.29, 1.82) is 0 Å². The summed E-state index contributed by atoms with van der Waals surface area (Å²) in [5.74, 6) is 0.617. The first kappa shape index (κ1) is 11.5. The van der Waals surface area contributed by atoms with Crippen molar-refractivity contribution in [3.63, 3.8) is 0 Å². The first-order valence-corrected chi connectivity index (χ1v) is 5.88. The van der Waals surface area contributed by atoms with Gasteiger partial charge in [0.05, 0.1) is 11.9 Å². The molecule has 2 N–H and O–H groups in total. The van der Waals surface area contributed by atoms with Crippen LogP contribution in [0.1, 0.15) is 0 Å². The molecular formula is C13H14N6. The first-order valence-electron chi connectivity index (χ1n) is 5.88. The molecule has 0 unspecified atom stereocenters. The maximum atomic E-state index is 6.13. The highest BCUT2D eigenvalue weighted by atomic mass is 15.3. The Morgan fingerprint density at radius 1 is 1.16 bits per heavy atom. The Hall–Kier alpha value is -2.63. The van der Waals surface area contributed by atoms with Crippen LogP contribution in [0.4, 0.5) is 5.82 Å². The molecule has 0 saturated heterocycles. The van der Waals surface area contributed by atoms with Gasteiger partial charge in [0.25, 0.3) is 0 Å². The van der Waals surface area contributed by atoms with Gasteiger partial charge in [-0.1, -0.05) is 0 Å². The Balaban J connectivity index is 2.24. The summed E-state index contributed by atoms with van der Waals surface area (Å²) in [5.41, 5.74) is 9.60. The van der Waals surface area contributed by atoms with Crippen molar-refractivity contribution < 1.29 is 0 Å². The Morgan fingerprint density at radius 3 is 2.53 bits per heavy atom. The van der Waals surface area contributed by atoms with Crippen LogP contribution in [-0.2, 0) is 14.1 Å². The third-order valence-electron chi connectivity index (χ3n) is 3.01. The van der Waals surface area contributed by atoms with Crippen molar-refractivity contribution in [2.75, 3.05) is 5.73 Å². The molecule has 0 aliphatic carbocycles.